The summed E-state index contributed by atoms with van der Waals surface area (Å²) < 4.78 is 9.47. The van der Waals surface area contributed by atoms with Gasteiger partial charge in [0.2, 0.25) is 5.91 Å². The Balaban J connectivity index is 1.97. The molecule has 0 fully saturated rings. The summed E-state index contributed by atoms with van der Waals surface area (Å²) in [6, 6.07) is 0. The Bertz CT molecular complexity index is 521. The summed E-state index contributed by atoms with van der Waals surface area (Å²) in [5.41, 5.74) is 0. The molecule has 1 N–H and O–H groups in total. The van der Waals surface area contributed by atoms with Gasteiger partial charge in [0.25, 0.3) is 11.8 Å². The summed E-state index contributed by atoms with van der Waals surface area (Å²) in [7, 11) is 1.25. The third-order valence-electron chi connectivity index (χ3n) is 3.33. The van der Waals surface area contributed by atoms with Crippen LogP contribution >= 0.6 is 6.72 Å². The van der Waals surface area contributed by atoms with Crippen molar-refractivity contribution in [1.29, 1.82) is 0 Å². The Labute approximate surface area is 146 Å². The molecular formula is C14H22N2O6PS-. The second-order valence-electron chi connectivity index (χ2n) is 5.14. The lowest BCUT2D eigenvalue weighted by Crippen LogP contribution is -2.34. The molecule has 0 aromatic rings. The molecule has 1 heterocycles. The number of hydrogen-bond acceptors (Lipinski definition) is 7. The van der Waals surface area contributed by atoms with Crippen LogP contribution in [-0.4, -0.2) is 49.4 Å². The van der Waals surface area contributed by atoms with Gasteiger partial charge in [-0.2, -0.15) is 0 Å². The van der Waals surface area contributed by atoms with Gasteiger partial charge in [0.05, 0.1) is 6.61 Å². The summed E-state index contributed by atoms with van der Waals surface area (Å²) in [5, 5.41) is 2.74. The highest BCUT2D eigenvalue weighted by Gasteiger charge is 2.23. The van der Waals surface area contributed by atoms with E-state index in [1.165, 1.54) is 19.3 Å². The van der Waals surface area contributed by atoms with Gasteiger partial charge >= 0.3 is 0 Å². The van der Waals surface area contributed by atoms with Crippen LogP contribution in [0.5, 0.6) is 0 Å². The van der Waals surface area contributed by atoms with Crippen LogP contribution in [0.1, 0.15) is 32.1 Å². The van der Waals surface area contributed by atoms with Gasteiger partial charge in [0, 0.05) is 38.8 Å². The maximum atomic E-state index is 11.6. The molecule has 1 aliphatic heterocycles. The number of nitrogens with one attached hydrogen (secondary N) is 1. The topological polar surface area (TPSA) is 108 Å². The van der Waals surface area contributed by atoms with Crippen molar-refractivity contribution >= 4 is 36.2 Å². The normalized spacial score (nSPS) is 16.5. The first-order valence-corrected chi connectivity index (χ1v) is 10.2. The molecule has 1 aliphatic rings. The van der Waals surface area contributed by atoms with E-state index in [2.05, 4.69) is 21.6 Å². The van der Waals surface area contributed by atoms with E-state index >= 15 is 0 Å². The molecular weight excluding hydrogens is 355 g/mol. The second kappa shape index (κ2) is 10.7. The third-order valence-corrected chi connectivity index (χ3v) is 5.04. The summed E-state index contributed by atoms with van der Waals surface area (Å²) in [6.45, 7) is -2.40. The minimum absolute atomic E-state index is 0.0917. The molecule has 0 spiro atoms. The number of amides is 3. The predicted molar refractivity (Wildman–Crippen MR) is 89.2 cm³/mol. The fourth-order valence-corrected chi connectivity index (χ4v) is 2.67. The van der Waals surface area contributed by atoms with E-state index < -0.39 is 6.72 Å². The van der Waals surface area contributed by atoms with Crippen molar-refractivity contribution < 1.29 is 28.3 Å². The number of nitrogens with zero attached hydrogens (tertiary/aromatic N) is 1. The Morgan fingerprint density at radius 2 is 1.88 bits per heavy atom. The highest BCUT2D eigenvalue weighted by Crippen LogP contribution is 2.37. The Morgan fingerprint density at radius 1 is 1.25 bits per heavy atom. The van der Waals surface area contributed by atoms with Crippen LogP contribution in [-0.2, 0) is 35.2 Å². The molecule has 0 saturated carbocycles. The molecule has 0 radical (unpaired) electrons. The predicted octanol–water partition coefficient (Wildman–Crippen LogP) is 0.226. The summed E-state index contributed by atoms with van der Waals surface area (Å²) in [4.78, 5) is 46.6. The molecule has 3 amide bonds. The van der Waals surface area contributed by atoms with Gasteiger partial charge in [-0.05, 0) is 12.8 Å². The Morgan fingerprint density at radius 3 is 2.50 bits per heavy atom. The van der Waals surface area contributed by atoms with Crippen molar-refractivity contribution in [3.8, 4) is 0 Å². The third kappa shape index (κ3) is 8.12. The van der Waals surface area contributed by atoms with Gasteiger partial charge in [-0.25, -0.2) is 0 Å². The molecule has 0 aliphatic carbocycles. The lowest BCUT2D eigenvalue weighted by atomic mass is 10.2. The molecule has 24 heavy (non-hydrogen) atoms. The lowest BCUT2D eigenvalue weighted by molar-refractivity contribution is -0.204. The Hall–Kier alpha value is -1.12. The van der Waals surface area contributed by atoms with Crippen LogP contribution < -0.4 is 10.2 Å². The quantitative estimate of drug-likeness (QED) is 0.295. The molecule has 8 nitrogen and oxygen atoms in total. The first-order valence-electron chi connectivity index (χ1n) is 7.67. The Kier molecular flexibility index (Phi) is 9.31. The van der Waals surface area contributed by atoms with Crippen molar-refractivity contribution in [2.75, 3.05) is 26.8 Å². The average molecular weight is 377 g/mol. The summed E-state index contributed by atoms with van der Waals surface area (Å²) in [6.07, 6.45) is 5.73. The lowest BCUT2D eigenvalue weighted by Gasteiger charge is -2.24. The molecule has 10 heteroatoms. The molecule has 1 rings (SSSR count). The van der Waals surface area contributed by atoms with Crippen LogP contribution in [0.15, 0.2) is 12.2 Å². The smallest absolute Gasteiger partial charge is 0.253 e. The summed E-state index contributed by atoms with van der Waals surface area (Å²) in [5.74, 6) is -0.961. The van der Waals surface area contributed by atoms with Gasteiger partial charge < -0.3 is 19.3 Å². The van der Waals surface area contributed by atoms with Crippen LogP contribution in [0, 0.1) is 0 Å². The van der Waals surface area contributed by atoms with E-state index in [-0.39, 0.29) is 37.3 Å². The second-order valence-corrected chi connectivity index (χ2v) is 8.00. The number of carbonyl (C=O) groups is 3. The van der Waals surface area contributed by atoms with Crippen LogP contribution in [0.2, 0.25) is 0 Å². The number of rotatable bonds is 12. The monoisotopic (exact) mass is 377 g/mol. The first kappa shape index (κ1) is 20.9. The fraction of sp³-hybridized carbons (Fsp3) is 0.643. The van der Waals surface area contributed by atoms with Gasteiger partial charge in [0.15, 0.2) is 0 Å². The van der Waals surface area contributed by atoms with Gasteiger partial charge in [0.1, 0.15) is 6.72 Å². The molecule has 136 valence electrons. The number of imide groups is 1. The minimum Gasteiger partial charge on any atom is -0.780 e. The van der Waals surface area contributed by atoms with E-state index in [4.69, 9.17) is 4.52 Å². The molecule has 0 bridgehead atoms. The highest BCUT2D eigenvalue weighted by atomic mass is 32.5. The van der Waals surface area contributed by atoms with E-state index in [1.807, 2.05) is 0 Å². The van der Waals surface area contributed by atoms with E-state index in [0.717, 1.165) is 24.2 Å². The first-order chi connectivity index (χ1) is 11.4. The SMILES string of the molecule is COP([O-])(=S)OCCCCCCNC(=O)CCN1C(=O)C=CC1=O. The maximum Gasteiger partial charge on any atom is 0.253 e. The molecule has 1 unspecified atom stereocenters. The largest absolute Gasteiger partial charge is 0.780 e. The van der Waals surface area contributed by atoms with Crippen LogP contribution in [0.25, 0.3) is 0 Å². The molecule has 0 aromatic heterocycles. The average Bonchev–Trinajstić information content (AvgIpc) is 2.86. The van der Waals surface area contributed by atoms with Crippen LogP contribution in [0.4, 0.5) is 0 Å². The summed E-state index contributed by atoms with van der Waals surface area (Å²) >= 11 is 4.59. The zero-order chi connectivity index (χ0) is 18.0. The number of hydrogen-bond donors (Lipinski definition) is 1. The van der Waals surface area contributed by atoms with Crippen molar-refractivity contribution in [2.45, 2.75) is 32.1 Å². The molecule has 0 saturated heterocycles. The standard InChI is InChI=1S/C14H23N2O6PS/c1-21-23(20,24)22-11-5-3-2-4-9-15-12(17)8-10-16-13(18)6-7-14(16)19/h6-7H,2-5,8-11H2,1H3,(H,15,17)(H,20,24)/p-1. The van der Waals surface area contributed by atoms with Crippen molar-refractivity contribution in [2.24, 2.45) is 0 Å². The minimum atomic E-state index is -3.30. The fourth-order valence-electron chi connectivity index (χ4n) is 1.99. The number of unbranched alkanes of at least 4 members (excludes halogenated alkanes) is 3. The van der Waals surface area contributed by atoms with Gasteiger partial charge in [-0.3, -0.25) is 19.3 Å². The highest BCUT2D eigenvalue weighted by molar-refractivity contribution is 8.06. The number of carbonyl (C=O) groups excluding carboxylic acids is 3. The van der Waals surface area contributed by atoms with E-state index in [9.17, 15) is 19.3 Å². The van der Waals surface area contributed by atoms with Crippen molar-refractivity contribution in [3.05, 3.63) is 12.2 Å². The zero-order valence-electron chi connectivity index (χ0n) is 13.6. The molecule has 0 aromatic carbocycles. The molecule has 1 atom stereocenters. The zero-order valence-corrected chi connectivity index (χ0v) is 15.3. The van der Waals surface area contributed by atoms with E-state index in [0.29, 0.717) is 13.0 Å². The van der Waals surface area contributed by atoms with E-state index in [1.54, 1.807) is 0 Å². The van der Waals surface area contributed by atoms with Gasteiger partial charge in [-0.1, -0.05) is 24.6 Å². The van der Waals surface area contributed by atoms with Gasteiger partial charge in [-0.15, -0.1) is 0 Å². The van der Waals surface area contributed by atoms with Crippen molar-refractivity contribution in [1.82, 2.24) is 10.2 Å². The van der Waals surface area contributed by atoms with Crippen molar-refractivity contribution in [3.63, 3.8) is 0 Å². The van der Waals surface area contributed by atoms with Crippen LogP contribution in [0.3, 0.4) is 0 Å². The maximum absolute atomic E-state index is 11.6.